The second-order valence-electron chi connectivity index (χ2n) is 4.50. The Kier molecular flexibility index (Phi) is 5.75. The number of nitrogens with one attached hydrogen (secondary N) is 2. The molecule has 4 nitrogen and oxygen atoms in total. The summed E-state index contributed by atoms with van der Waals surface area (Å²) in [7, 11) is 0. The Morgan fingerprint density at radius 2 is 2.33 bits per heavy atom. The zero-order chi connectivity index (χ0) is 15.2. The number of halogens is 3. The molecule has 0 radical (unpaired) electrons. The summed E-state index contributed by atoms with van der Waals surface area (Å²) < 4.78 is 41.8. The van der Waals surface area contributed by atoms with E-state index >= 15 is 0 Å². The normalized spacial score (nSPS) is 18.6. The maximum atomic E-state index is 13.1. The third-order valence-electron chi connectivity index (χ3n) is 2.86. The number of hydrogen-bond donors (Lipinski definition) is 2. The Labute approximate surface area is 124 Å². The zero-order valence-corrected chi connectivity index (χ0v) is 11.9. The van der Waals surface area contributed by atoms with Gasteiger partial charge in [0.25, 0.3) is 0 Å². The largest absolute Gasteiger partial charge is 0.432 e. The van der Waals surface area contributed by atoms with E-state index in [4.69, 9.17) is 0 Å². The molecule has 1 heterocycles. The average Bonchev–Trinajstić information content (AvgIpc) is 2.42. The predicted octanol–water partition coefficient (Wildman–Crippen LogP) is 2.46. The maximum absolute atomic E-state index is 13.1. The van der Waals surface area contributed by atoms with Crippen molar-refractivity contribution in [2.75, 3.05) is 23.4 Å². The van der Waals surface area contributed by atoms with Crippen molar-refractivity contribution in [1.82, 2.24) is 5.32 Å². The van der Waals surface area contributed by atoms with Crippen LogP contribution in [0, 0.1) is 5.82 Å². The lowest BCUT2D eigenvalue weighted by molar-refractivity contribution is -0.116. The molecule has 0 spiro atoms. The molecule has 0 saturated carbocycles. The fourth-order valence-corrected chi connectivity index (χ4v) is 2.92. The fraction of sp³-hybridized carbons (Fsp3) is 0.462. The van der Waals surface area contributed by atoms with Crippen molar-refractivity contribution < 1.29 is 22.7 Å². The van der Waals surface area contributed by atoms with Crippen LogP contribution >= 0.6 is 11.8 Å². The fourth-order valence-electron chi connectivity index (χ4n) is 1.97. The van der Waals surface area contributed by atoms with Crippen molar-refractivity contribution in [3.63, 3.8) is 0 Å². The van der Waals surface area contributed by atoms with Crippen molar-refractivity contribution in [2.45, 2.75) is 19.1 Å². The molecule has 1 fully saturated rings. The number of rotatable bonds is 5. The summed E-state index contributed by atoms with van der Waals surface area (Å²) in [4.78, 5) is 11.9. The van der Waals surface area contributed by atoms with E-state index in [2.05, 4.69) is 15.4 Å². The smallest absolute Gasteiger partial charge is 0.387 e. The van der Waals surface area contributed by atoms with Gasteiger partial charge >= 0.3 is 6.61 Å². The number of carbonyl (C=O) groups excluding carboxylic acids is 1. The highest BCUT2D eigenvalue weighted by atomic mass is 32.2. The number of anilines is 1. The van der Waals surface area contributed by atoms with Gasteiger partial charge in [0, 0.05) is 36.6 Å². The molecule has 1 amide bonds. The first-order valence-electron chi connectivity index (χ1n) is 6.40. The second kappa shape index (κ2) is 7.56. The molecule has 116 valence electrons. The van der Waals surface area contributed by atoms with Crippen LogP contribution in [0.1, 0.15) is 6.42 Å². The van der Waals surface area contributed by atoms with Gasteiger partial charge in [0.05, 0.1) is 5.69 Å². The summed E-state index contributed by atoms with van der Waals surface area (Å²) in [6.07, 6.45) is 0.221. The standard InChI is InChI=1S/C13H15F3N2O2S/c14-8-1-2-10(11(5-8)20-13(15)16)18-12(19)6-9-7-21-4-3-17-9/h1-2,5,9,13,17H,3-4,6-7H2,(H,18,19). The minimum absolute atomic E-state index is 0.0326. The highest BCUT2D eigenvalue weighted by molar-refractivity contribution is 7.99. The molecular weight excluding hydrogens is 305 g/mol. The van der Waals surface area contributed by atoms with Gasteiger partial charge in [-0.1, -0.05) is 0 Å². The summed E-state index contributed by atoms with van der Waals surface area (Å²) in [5, 5.41) is 5.68. The number of alkyl halides is 2. The lowest BCUT2D eigenvalue weighted by atomic mass is 10.2. The Balaban J connectivity index is 1.98. The lowest BCUT2D eigenvalue weighted by Gasteiger charge is -2.22. The maximum Gasteiger partial charge on any atom is 0.387 e. The molecule has 1 aliphatic heterocycles. The molecule has 1 atom stereocenters. The minimum Gasteiger partial charge on any atom is -0.432 e. The monoisotopic (exact) mass is 320 g/mol. The first kappa shape index (κ1) is 16.0. The van der Waals surface area contributed by atoms with Crippen LogP contribution in [0.25, 0.3) is 0 Å². The van der Waals surface area contributed by atoms with E-state index in [1.165, 1.54) is 6.07 Å². The van der Waals surface area contributed by atoms with Gasteiger partial charge in [-0.15, -0.1) is 0 Å². The minimum atomic E-state index is -3.08. The third-order valence-corrected chi connectivity index (χ3v) is 3.99. The summed E-state index contributed by atoms with van der Waals surface area (Å²) in [6.45, 7) is -2.25. The van der Waals surface area contributed by atoms with Crippen molar-refractivity contribution >= 4 is 23.4 Å². The number of thioether (sulfide) groups is 1. The molecular formula is C13H15F3N2O2S. The van der Waals surface area contributed by atoms with E-state index in [1.54, 1.807) is 11.8 Å². The number of ether oxygens (including phenoxy) is 1. The Hall–Kier alpha value is -1.41. The Bertz CT molecular complexity index is 496. The molecule has 2 rings (SSSR count). The van der Waals surface area contributed by atoms with Crippen LogP contribution in [-0.4, -0.2) is 36.6 Å². The SMILES string of the molecule is O=C(CC1CSCCN1)Nc1ccc(F)cc1OC(F)F. The molecule has 0 aliphatic carbocycles. The van der Waals surface area contributed by atoms with E-state index in [9.17, 15) is 18.0 Å². The summed E-state index contributed by atoms with van der Waals surface area (Å²) >= 11 is 1.75. The topological polar surface area (TPSA) is 50.4 Å². The van der Waals surface area contributed by atoms with Gasteiger partial charge in [-0.05, 0) is 12.1 Å². The van der Waals surface area contributed by atoms with E-state index in [0.29, 0.717) is 0 Å². The number of amides is 1. The second-order valence-corrected chi connectivity index (χ2v) is 5.65. The van der Waals surface area contributed by atoms with Crippen molar-refractivity contribution in [2.24, 2.45) is 0 Å². The van der Waals surface area contributed by atoms with Crippen molar-refractivity contribution in [3.8, 4) is 5.75 Å². The van der Waals surface area contributed by atoms with Crippen LogP contribution in [0.5, 0.6) is 5.75 Å². The summed E-state index contributed by atoms with van der Waals surface area (Å²) in [5.74, 6) is 0.388. The van der Waals surface area contributed by atoms with Crippen LogP contribution in [0.15, 0.2) is 18.2 Å². The Morgan fingerprint density at radius 1 is 1.52 bits per heavy atom. The van der Waals surface area contributed by atoms with Gasteiger partial charge in [-0.3, -0.25) is 4.79 Å². The van der Waals surface area contributed by atoms with E-state index in [0.717, 1.165) is 30.2 Å². The molecule has 1 aromatic rings. The number of carbonyl (C=O) groups is 1. The molecule has 0 aromatic heterocycles. The van der Waals surface area contributed by atoms with Gasteiger partial charge in [-0.2, -0.15) is 20.5 Å². The first-order valence-corrected chi connectivity index (χ1v) is 7.55. The molecule has 0 bridgehead atoms. The van der Waals surface area contributed by atoms with Crippen LogP contribution in [-0.2, 0) is 4.79 Å². The van der Waals surface area contributed by atoms with E-state index in [-0.39, 0.29) is 29.8 Å². The third kappa shape index (κ3) is 5.13. The number of benzene rings is 1. The van der Waals surface area contributed by atoms with Crippen LogP contribution < -0.4 is 15.4 Å². The van der Waals surface area contributed by atoms with Crippen LogP contribution in [0.4, 0.5) is 18.9 Å². The Morgan fingerprint density at radius 3 is 3.00 bits per heavy atom. The molecule has 1 unspecified atom stereocenters. The van der Waals surface area contributed by atoms with Crippen molar-refractivity contribution in [3.05, 3.63) is 24.0 Å². The highest BCUT2D eigenvalue weighted by Crippen LogP contribution is 2.27. The quantitative estimate of drug-likeness (QED) is 0.875. The highest BCUT2D eigenvalue weighted by Gasteiger charge is 2.18. The molecule has 8 heteroatoms. The summed E-state index contributed by atoms with van der Waals surface area (Å²) in [5.41, 5.74) is 0.0326. The zero-order valence-electron chi connectivity index (χ0n) is 11.1. The molecule has 1 aliphatic rings. The number of hydrogen-bond acceptors (Lipinski definition) is 4. The van der Waals surface area contributed by atoms with Gasteiger partial charge < -0.3 is 15.4 Å². The average molecular weight is 320 g/mol. The van der Waals surface area contributed by atoms with Gasteiger partial charge in [0.15, 0.2) is 5.75 Å². The first-order chi connectivity index (χ1) is 10.0. The van der Waals surface area contributed by atoms with E-state index < -0.39 is 12.4 Å². The van der Waals surface area contributed by atoms with Gasteiger partial charge in [-0.25, -0.2) is 4.39 Å². The lowest BCUT2D eigenvalue weighted by Crippen LogP contribution is -2.39. The van der Waals surface area contributed by atoms with Crippen LogP contribution in [0.2, 0.25) is 0 Å². The molecule has 1 aromatic carbocycles. The molecule has 21 heavy (non-hydrogen) atoms. The molecule has 1 saturated heterocycles. The predicted molar refractivity (Wildman–Crippen MR) is 75.4 cm³/mol. The van der Waals surface area contributed by atoms with Crippen molar-refractivity contribution in [1.29, 1.82) is 0 Å². The molecule has 2 N–H and O–H groups in total. The summed E-state index contributed by atoms with van der Waals surface area (Å²) in [6, 6.07) is 3.14. The van der Waals surface area contributed by atoms with E-state index in [1.807, 2.05) is 0 Å². The van der Waals surface area contributed by atoms with Crippen LogP contribution in [0.3, 0.4) is 0 Å². The van der Waals surface area contributed by atoms with Gasteiger partial charge in [0.1, 0.15) is 5.82 Å². The van der Waals surface area contributed by atoms with Gasteiger partial charge in [0.2, 0.25) is 5.91 Å².